The van der Waals surface area contributed by atoms with Crippen LogP contribution in [0.2, 0.25) is 0 Å². The molecule has 2 aliphatic heterocycles. The summed E-state index contributed by atoms with van der Waals surface area (Å²) < 4.78 is 2.96. The van der Waals surface area contributed by atoms with Crippen LogP contribution in [0.5, 0.6) is 0 Å². The number of carbonyl (C=O) groups is 1. The van der Waals surface area contributed by atoms with E-state index >= 15 is 0 Å². The topological polar surface area (TPSA) is 58.4 Å². The average molecular weight is 346 g/mol. The Labute approximate surface area is 124 Å². The van der Waals surface area contributed by atoms with Crippen LogP contribution in [-0.2, 0) is 13.0 Å². The van der Waals surface area contributed by atoms with Gasteiger partial charge in [0.1, 0.15) is 4.60 Å². The Morgan fingerprint density at radius 2 is 2.16 bits per heavy atom. The Morgan fingerprint density at radius 3 is 2.84 bits per heavy atom. The van der Waals surface area contributed by atoms with Gasteiger partial charge in [0.15, 0.2) is 0 Å². The van der Waals surface area contributed by atoms with Gasteiger partial charge in [0.05, 0.1) is 12.6 Å². The van der Waals surface area contributed by atoms with Crippen molar-refractivity contribution in [3.05, 3.63) is 15.9 Å². The predicted octanol–water partition coefficient (Wildman–Crippen LogP) is 2.75. The quantitative estimate of drug-likeness (QED) is 0.850. The van der Waals surface area contributed by atoms with Crippen molar-refractivity contribution < 1.29 is 9.90 Å². The summed E-state index contributed by atoms with van der Waals surface area (Å²) in [5, 5.41) is 13.7. The van der Waals surface area contributed by atoms with E-state index in [4.69, 9.17) is 5.11 Å². The summed E-state index contributed by atoms with van der Waals surface area (Å²) in [6.45, 7) is 1.02. The fraction of sp³-hybridized carbons (Fsp3) is 0.667. The molecule has 0 bridgehead atoms. The number of hydrogen-bond donors (Lipinski definition) is 1. The van der Waals surface area contributed by atoms with Crippen LogP contribution in [0.1, 0.15) is 30.1 Å². The molecule has 0 atom stereocenters. The number of aromatic nitrogens is 2. The molecule has 3 rings (SSSR count). The van der Waals surface area contributed by atoms with Crippen LogP contribution >= 0.6 is 27.7 Å². The number of rotatable bonds is 1. The molecular formula is C12H16BrN3O2S. The van der Waals surface area contributed by atoms with E-state index in [2.05, 4.69) is 25.7 Å². The third kappa shape index (κ3) is 2.50. The van der Waals surface area contributed by atoms with Crippen LogP contribution in [-0.4, -0.2) is 43.9 Å². The summed E-state index contributed by atoms with van der Waals surface area (Å²) in [5.74, 6) is 2.39. The van der Waals surface area contributed by atoms with Gasteiger partial charge in [-0.2, -0.15) is 16.9 Å². The fourth-order valence-corrected chi connectivity index (χ4v) is 4.41. The first-order valence-corrected chi connectivity index (χ1v) is 8.43. The summed E-state index contributed by atoms with van der Waals surface area (Å²) in [5.41, 5.74) is 2.27. The molecule has 2 aliphatic rings. The molecule has 3 heterocycles. The first kappa shape index (κ1) is 13.3. The molecule has 104 valence electrons. The van der Waals surface area contributed by atoms with Gasteiger partial charge >= 0.3 is 6.09 Å². The van der Waals surface area contributed by atoms with Crippen molar-refractivity contribution in [3.63, 3.8) is 0 Å². The van der Waals surface area contributed by atoms with Gasteiger partial charge in [0.2, 0.25) is 0 Å². The molecule has 7 heteroatoms. The Bertz CT molecular complexity index is 499. The molecule has 0 radical (unpaired) electrons. The molecule has 1 aromatic rings. The van der Waals surface area contributed by atoms with E-state index in [1.165, 1.54) is 22.1 Å². The number of hydrogen-bond acceptors (Lipinski definition) is 3. The molecule has 19 heavy (non-hydrogen) atoms. The van der Waals surface area contributed by atoms with E-state index in [-0.39, 0.29) is 0 Å². The van der Waals surface area contributed by atoms with Gasteiger partial charge < -0.3 is 10.0 Å². The van der Waals surface area contributed by atoms with Crippen LogP contribution in [0.25, 0.3) is 0 Å². The minimum absolute atomic E-state index is 0.451. The summed E-state index contributed by atoms with van der Waals surface area (Å²) in [6, 6.07) is 0.484. The molecule has 1 aromatic heterocycles. The van der Waals surface area contributed by atoms with E-state index in [1.807, 2.05) is 11.8 Å². The highest BCUT2D eigenvalue weighted by atomic mass is 79.9. The smallest absolute Gasteiger partial charge is 0.407 e. The van der Waals surface area contributed by atoms with E-state index in [0.717, 1.165) is 29.4 Å². The summed E-state index contributed by atoms with van der Waals surface area (Å²) in [7, 11) is 0. The lowest BCUT2D eigenvalue weighted by atomic mass is 10.1. The van der Waals surface area contributed by atoms with E-state index in [9.17, 15) is 4.79 Å². The lowest BCUT2D eigenvalue weighted by molar-refractivity contribution is 0.139. The Hall–Kier alpha value is -0.690. The second-order valence-electron chi connectivity index (χ2n) is 4.96. The van der Waals surface area contributed by atoms with Gasteiger partial charge in [-0.1, -0.05) is 0 Å². The van der Waals surface area contributed by atoms with Crippen LogP contribution in [0.15, 0.2) is 4.60 Å². The Morgan fingerprint density at radius 1 is 1.42 bits per heavy atom. The molecular weight excluding hydrogens is 330 g/mol. The maximum absolute atomic E-state index is 11.1. The SMILES string of the molecule is O=C(O)N1CCc2c(c(Br)nn2C2CCSCC2)C1. The van der Waals surface area contributed by atoms with Crippen molar-refractivity contribution in [2.45, 2.75) is 31.8 Å². The normalized spacial score (nSPS) is 20.4. The zero-order chi connectivity index (χ0) is 13.4. The number of amides is 1. The fourth-order valence-electron chi connectivity index (χ4n) is 2.80. The second-order valence-corrected chi connectivity index (χ2v) is 6.93. The van der Waals surface area contributed by atoms with E-state index in [1.54, 1.807) is 0 Å². The molecule has 0 spiro atoms. The largest absolute Gasteiger partial charge is 0.465 e. The van der Waals surface area contributed by atoms with Gasteiger partial charge in [-0.25, -0.2) is 4.79 Å². The minimum atomic E-state index is -0.848. The number of nitrogens with zero attached hydrogens (tertiary/aromatic N) is 3. The summed E-state index contributed by atoms with van der Waals surface area (Å²) in [4.78, 5) is 12.5. The number of fused-ring (bicyclic) bond motifs is 1. The van der Waals surface area contributed by atoms with Gasteiger partial charge in [-0.3, -0.25) is 4.68 Å². The lowest BCUT2D eigenvalue weighted by Gasteiger charge is -2.28. The Balaban J connectivity index is 1.89. The third-order valence-corrected chi connectivity index (χ3v) is 5.53. The molecule has 0 aliphatic carbocycles. The molecule has 1 fully saturated rings. The zero-order valence-corrected chi connectivity index (χ0v) is 12.9. The molecule has 0 aromatic carbocycles. The average Bonchev–Trinajstić information content (AvgIpc) is 2.77. The maximum atomic E-state index is 11.1. The highest BCUT2D eigenvalue weighted by Crippen LogP contribution is 2.33. The molecule has 1 N–H and O–H groups in total. The lowest BCUT2D eigenvalue weighted by Crippen LogP contribution is -2.35. The van der Waals surface area contributed by atoms with Crippen molar-refractivity contribution in [1.29, 1.82) is 0 Å². The molecule has 0 saturated carbocycles. The van der Waals surface area contributed by atoms with Crippen LogP contribution in [0.3, 0.4) is 0 Å². The van der Waals surface area contributed by atoms with Crippen molar-refractivity contribution >= 4 is 33.8 Å². The number of thioether (sulfide) groups is 1. The zero-order valence-electron chi connectivity index (χ0n) is 10.5. The van der Waals surface area contributed by atoms with Crippen molar-refractivity contribution in [2.75, 3.05) is 18.1 Å². The summed E-state index contributed by atoms with van der Waals surface area (Å²) >= 11 is 5.49. The highest BCUT2D eigenvalue weighted by molar-refractivity contribution is 9.10. The highest BCUT2D eigenvalue weighted by Gasteiger charge is 2.29. The molecule has 0 unspecified atom stereocenters. The van der Waals surface area contributed by atoms with Crippen molar-refractivity contribution in [2.24, 2.45) is 0 Å². The molecule has 5 nitrogen and oxygen atoms in total. The number of halogens is 1. The predicted molar refractivity (Wildman–Crippen MR) is 77.7 cm³/mol. The van der Waals surface area contributed by atoms with Crippen LogP contribution < -0.4 is 0 Å². The first-order valence-electron chi connectivity index (χ1n) is 6.48. The standard InChI is InChI=1S/C12H16BrN3O2S/c13-11-9-7-15(12(17)18)4-1-10(9)16(14-11)8-2-5-19-6-3-8/h8H,1-7H2,(H,17,18). The van der Waals surface area contributed by atoms with Crippen LogP contribution in [0.4, 0.5) is 4.79 Å². The molecule has 1 saturated heterocycles. The summed E-state index contributed by atoms with van der Waals surface area (Å²) in [6.07, 6.45) is 2.24. The maximum Gasteiger partial charge on any atom is 0.407 e. The molecule has 1 amide bonds. The monoisotopic (exact) mass is 345 g/mol. The first-order chi connectivity index (χ1) is 9.16. The second kappa shape index (κ2) is 5.36. The van der Waals surface area contributed by atoms with E-state index in [0.29, 0.717) is 19.1 Å². The minimum Gasteiger partial charge on any atom is -0.465 e. The number of carboxylic acid groups (broad SMARTS) is 1. The van der Waals surface area contributed by atoms with Gasteiger partial charge in [0.25, 0.3) is 0 Å². The third-order valence-electron chi connectivity index (χ3n) is 3.84. The van der Waals surface area contributed by atoms with Crippen LogP contribution in [0, 0.1) is 0 Å². The van der Waals surface area contributed by atoms with Gasteiger partial charge in [0, 0.05) is 24.2 Å². The van der Waals surface area contributed by atoms with E-state index < -0.39 is 6.09 Å². The van der Waals surface area contributed by atoms with Crippen molar-refractivity contribution in [1.82, 2.24) is 14.7 Å². The Kier molecular flexibility index (Phi) is 3.75. The van der Waals surface area contributed by atoms with Gasteiger partial charge in [-0.05, 0) is 40.3 Å². The van der Waals surface area contributed by atoms with Crippen molar-refractivity contribution in [3.8, 4) is 0 Å². The van der Waals surface area contributed by atoms with Gasteiger partial charge in [-0.15, -0.1) is 0 Å².